The molecule has 0 radical (unpaired) electrons. The van der Waals surface area contributed by atoms with E-state index in [9.17, 15) is 0 Å². The largest absolute Gasteiger partial charge is 0.315 e. The van der Waals surface area contributed by atoms with E-state index in [1.54, 1.807) is 0 Å². The first kappa shape index (κ1) is 17.3. The van der Waals surface area contributed by atoms with Gasteiger partial charge in [-0.3, -0.25) is 4.90 Å². The van der Waals surface area contributed by atoms with E-state index in [1.165, 1.54) is 90.4 Å². The van der Waals surface area contributed by atoms with Gasteiger partial charge in [0, 0.05) is 19.1 Å². The van der Waals surface area contributed by atoms with Crippen LogP contribution in [0.5, 0.6) is 0 Å². The summed E-state index contributed by atoms with van der Waals surface area (Å²) in [6.45, 7) is 9.76. The van der Waals surface area contributed by atoms with Crippen LogP contribution in [0.25, 0.3) is 0 Å². The summed E-state index contributed by atoms with van der Waals surface area (Å²) in [6.07, 6.45) is 14.5. The lowest BCUT2D eigenvalue weighted by atomic mass is 9.89. The summed E-state index contributed by atoms with van der Waals surface area (Å²) in [5, 5.41) is 3.76. The Morgan fingerprint density at radius 2 is 1.57 bits per heavy atom. The Labute approximate surface area is 133 Å². The summed E-state index contributed by atoms with van der Waals surface area (Å²) < 4.78 is 0. The highest BCUT2D eigenvalue weighted by atomic mass is 15.2. The van der Waals surface area contributed by atoms with Gasteiger partial charge in [0.15, 0.2) is 0 Å². The molecule has 0 aromatic rings. The van der Waals surface area contributed by atoms with Gasteiger partial charge >= 0.3 is 0 Å². The smallest absolute Gasteiger partial charge is 0.0110 e. The summed E-state index contributed by atoms with van der Waals surface area (Å²) in [6, 6.07) is 0.889. The lowest BCUT2D eigenvalue weighted by Gasteiger charge is -2.30. The third-order valence-electron chi connectivity index (χ3n) is 5.57. The van der Waals surface area contributed by atoms with Crippen molar-refractivity contribution in [1.29, 1.82) is 0 Å². The predicted molar refractivity (Wildman–Crippen MR) is 92.7 cm³/mol. The van der Waals surface area contributed by atoms with Crippen molar-refractivity contribution in [2.24, 2.45) is 11.8 Å². The second-order valence-corrected chi connectivity index (χ2v) is 7.86. The van der Waals surface area contributed by atoms with Gasteiger partial charge in [-0.1, -0.05) is 46.0 Å². The predicted octanol–water partition coefficient (Wildman–Crippen LogP) is 4.45. The second kappa shape index (κ2) is 9.84. The van der Waals surface area contributed by atoms with Crippen molar-refractivity contribution in [3.8, 4) is 0 Å². The van der Waals surface area contributed by atoms with Crippen molar-refractivity contribution in [3.05, 3.63) is 0 Å². The molecule has 2 fully saturated rings. The van der Waals surface area contributed by atoms with Crippen LogP contribution in [-0.2, 0) is 0 Å². The van der Waals surface area contributed by atoms with Crippen molar-refractivity contribution < 1.29 is 0 Å². The first-order chi connectivity index (χ1) is 10.3. The molecule has 0 aliphatic heterocycles. The Hall–Kier alpha value is -0.0800. The molecule has 124 valence electrons. The van der Waals surface area contributed by atoms with Gasteiger partial charge in [-0.15, -0.1) is 0 Å². The molecular formula is C19H38N2. The molecule has 0 bridgehead atoms. The van der Waals surface area contributed by atoms with Gasteiger partial charge < -0.3 is 5.32 Å². The summed E-state index contributed by atoms with van der Waals surface area (Å²) in [4.78, 5) is 2.79. The fraction of sp³-hybridized carbons (Fsp3) is 1.00. The molecule has 0 saturated heterocycles. The normalized spacial score (nSPS) is 21.7. The minimum absolute atomic E-state index is 0.837. The van der Waals surface area contributed by atoms with Crippen LogP contribution in [0.2, 0.25) is 0 Å². The average molecular weight is 295 g/mol. The highest BCUT2D eigenvalue weighted by Gasteiger charge is 2.22. The summed E-state index contributed by atoms with van der Waals surface area (Å²) in [5.74, 6) is 1.80. The highest BCUT2D eigenvalue weighted by molar-refractivity contribution is 4.78. The molecule has 1 N–H and O–H groups in total. The van der Waals surface area contributed by atoms with Crippen molar-refractivity contribution in [2.45, 2.75) is 84.1 Å². The standard InChI is InChI=1S/C19H38N2/c1-17(2)12-14-21(19-10-6-7-11-19)15-13-20-16-18-8-4-3-5-9-18/h17-20H,3-16H2,1-2H3. The molecule has 21 heavy (non-hydrogen) atoms. The van der Waals surface area contributed by atoms with Crippen LogP contribution in [-0.4, -0.2) is 37.1 Å². The third-order valence-corrected chi connectivity index (χ3v) is 5.57. The first-order valence-electron chi connectivity index (χ1n) is 9.70. The fourth-order valence-electron chi connectivity index (χ4n) is 4.09. The quantitative estimate of drug-likeness (QED) is 0.632. The zero-order valence-corrected chi connectivity index (χ0v) is 14.6. The Kier molecular flexibility index (Phi) is 8.10. The molecular weight excluding hydrogens is 256 g/mol. The Balaban J connectivity index is 1.63. The molecule has 0 atom stereocenters. The van der Waals surface area contributed by atoms with Crippen LogP contribution >= 0.6 is 0 Å². The average Bonchev–Trinajstić information content (AvgIpc) is 3.01. The summed E-state index contributed by atoms with van der Waals surface area (Å²) >= 11 is 0. The number of rotatable bonds is 9. The lowest BCUT2D eigenvalue weighted by molar-refractivity contribution is 0.187. The van der Waals surface area contributed by atoms with Gasteiger partial charge in [0.1, 0.15) is 0 Å². The van der Waals surface area contributed by atoms with Crippen molar-refractivity contribution >= 4 is 0 Å². The first-order valence-corrected chi connectivity index (χ1v) is 9.70. The van der Waals surface area contributed by atoms with E-state index in [4.69, 9.17) is 0 Å². The van der Waals surface area contributed by atoms with Gasteiger partial charge in [0.25, 0.3) is 0 Å². The Morgan fingerprint density at radius 1 is 0.905 bits per heavy atom. The third kappa shape index (κ3) is 6.69. The molecule has 2 rings (SSSR count). The monoisotopic (exact) mass is 294 g/mol. The van der Waals surface area contributed by atoms with E-state index in [-0.39, 0.29) is 0 Å². The van der Waals surface area contributed by atoms with Gasteiger partial charge in [-0.05, 0) is 57.0 Å². The van der Waals surface area contributed by atoms with Crippen molar-refractivity contribution in [3.63, 3.8) is 0 Å². The Morgan fingerprint density at radius 3 is 2.24 bits per heavy atom. The van der Waals surface area contributed by atoms with Crippen LogP contribution in [0.1, 0.15) is 78.1 Å². The molecule has 0 heterocycles. The summed E-state index contributed by atoms with van der Waals surface area (Å²) in [5.41, 5.74) is 0. The van der Waals surface area contributed by atoms with E-state index in [0.717, 1.165) is 17.9 Å². The molecule has 0 aromatic carbocycles. The molecule has 0 aromatic heterocycles. The van der Waals surface area contributed by atoms with Crippen LogP contribution < -0.4 is 5.32 Å². The van der Waals surface area contributed by atoms with E-state index in [0.29, 0.717) is 0 Å². The van der Waals surface area contributed by atoms with Crippen LogP contribution in [0.3, 0.4) is 0 Å². The van der Waals surface area contributed by atoms with E-state index < -0.39 is 0 Å². The minimum atomic E-state index is 0.837. The molecule has 2 saturated carbocycles. The second-order valence-electron chi connectivity index (χ2n) is 7.86. The van der Waals surface area contributed by atoms with Crippen LogP contribution in [0.15, 0.2) is 0 Å². The van der Waals surface area contributed by atoms with Crippen molar-refractivity contribution in [2.75, 3.05) is 26.2 Å². The number of nitrogens with one attached hydrogen (secondary N) is 1. The topological polar surface area (TPSA) is 15.3 Å². The lowest BCUT2D eigenvalue weighted by Crippen LogP contribution is -2.40. The highest BCUT2D eigenvalue weighted by Crippen LogP contribution is 2.24. The number of hydrogen-bond acceptors (Lipinski definition) is 2. The summed E-state index contributed by atoms with van der Waals surface area (Å²) in [7, 11) is 0. The van der Waals surface area contributed by atoms with Gasteiger partial charge in [-0.25, -0.2) is 0 Å². The van der Waals surface area contributed by atoms with Crippen molar-refractivity contribution in [1.82, 2.24) is 10.2 Å². The molecule has 0 amide bonds. The SMILES string of the molecule is CC(C)CCN(CCNCC1CCCCC1)C1CCCC1. The molecule has 0 spiro atoms. The maximum absolute atomic E-state index is 3.76. The zero-order valence-electron chi connectivity index (χ0n) is 14.6. The molecule has 2 heteroatoms. The zero-order chi connectivity index (χ0) is 14.9. The van der Waals surface area contributed by atoms with E-state index >= 15 is 0 Å². The van der Waals surface area contributed by atoms with Gasteiger partial charge in [-0.2, -0.15) is 0 Å². The molecule has 2 nitrogen and oxygen atoms in total. The number of hydrogen-bond donors (Lipinski definition) is 1. The van der Waals surface area contributed by atoms with Gasteiger partial charge in [0.2, 0.25) is 0 Å². The molecule has 2 aliphatic rings. The van der Waals surface area contributed by atoms with Crippen LogP contribution in [0.4, 0.5) is 0 Å². The molecule has 2 aliphatic carbocycles. The maximum atomic E-state index is 3.76. The molecule has 0 unspecified atom stereocenters. The van der Waals surface area contributed by atoms with E-state index in [2.05, 4.69) is 24.1 Å². The maximum Gasteiger partial charge on any atom is 0.0110 e. The van der Waals surface area contributed by atoms with Crippen LogP contribution in [0, 0.1) is 11.8 Å². The fourth-order valence-corrected chi connectivity index (χ4v) is 4.09. The Bertz CT molecular complexity index is 252. The number of nitrogens with zero attached hydrogens (tertiary/aromatic N) is 1. The minimum Gasteiger partial charge on any atom is -0.315 e. The van der Waals surface area contributed by atoms with Gasteiger partial charge in [0.05, 0.1) is 0 Å². The van der Waals surface area contributed by atoms with E-state index in [1.807, 2.05) is 0 Å².